The van der Waals surface area contributed by atoms with E-state index in [4.69, 9.17) is 4.98 Å². The molecule has 9 heteroatoms. The first kappa shape index (κ1) is 18.3. The lowest BCUT2D eigenvalue weighted by Gasteiger charge is -2.34. The Hall–Kier alpha value is -2.71. The molecule has 3 aromatic rings. The molecule has 3 aromatic heterocycles. The van der Waals surface area contributed by atoms with Crippen LogP contribution in [-0.4, -0.2) is 35.6 Å². The minimum atomic E-state index is -2.61. The van der Waals surface area contributed by atoms with Gasteiger partial charge in [0.25, 0.3) is 5.56 Å². The number of hydrogen-bond acceptors (Lipinski definition) is 5. The zero-order chi connectivity index (χ0) is 20.2. The Morgan fingerprint density at radius 3 is 2.41 bits per heavy atom. The molecule has 5 rings (SSSR count). The fraction of sp³-hybridized carbons (Fsp3) is 0.550. The fourth-order valence-corrected chi connectivity index (χ4v) is 4.40. The Morgan fingerprint density at radius 1 is 1.07 bits per heavy atom. The molecule has 2 saturated carbocycles. The van der Waals surface area contributed by atoms with Crippen LogP contribution in [0.2, 0.25) is 0 Å². The predicted octanol–water partition coefficient (Wildman–Crippen LogP) is 3.63. The molecule has 152 valence electrons. The lowest BCUT2D eigenvalue weighted by molar-refractivity contribution is -0.0446. The quantitative estimate of drug-likeness (QED) is 0.725. The van der Waals surface area contributed by atoms with E-state index >= 15 is 0 Å². The molecule has 0 spiro atoms. The Labute approximate surface area is 165 Å². The molecule has 2 aliphatic rings. The summed E-state index contributed by atoms with van der Waals surface area (Å²) >= 11 is 0. The number of hydrogen-bond donors (Lipinski definition) is 1. The first-order chi connectivity index (χ1) is 13.9. The van der Waals surface area contributed by atoms with Crippen LogP contribution in [0.15, 0.2) is 23.4 Å². The van der Waals surface area contributed by atoms with Crippen LogP contribution >= 0.6 is 0 Å². The average Bonchev–Trinajstić information content (AvgIpc) is 3.07. The molecule has 0 bridgehead atoms. The lowest BCUT2D eigenvalue weighted by Crippen LogP contribution is -2.29. The van der Waals surface area contributed by atoms with Gasteiger partial charge < -0.3 is 4.98 Å². The van der Waals surface area contributed by atoms with E-state index in [0.717, 1.165) is 24.2 Å². The van der Waals surface area contributed by atoms with E-state index in [0.29, 0.717) is 29.7 Å². The van der Waals surface area contributed by atoms with Crippen molar-refractivity contribution in [3.8, 4) is 0 Å². The number of alkyl halides is 2. The Morgan fingerprint density at radius 2 is 1.76 bits per heavy atom. The normalized spacial score (nSPS) is 24.5. The molecule has 0 aliphatic heterocycles. The number of nitrogens with zero attached hydrogens (tertiary/aromatic N) is 5. The van der Waals surface area contributed by atoms with Crippen LogP contribution in [0.1, 0.15) is 73.6 Å². The minimum absolute atomic E-state index is 0.0360. The SMILES string of the molecule is Cc1cnc(C2CC[C@H]2c2nc3c(cnn3C3CCC(F)(F)CC3)c(=O)[nH]2)nc1. The molecular formula is C20H22F2N6O. The smallest absolute Gasteiger partial charge is 0.262 e. The summed E-state index contributed by atoms with van der Waals surface area (Å²) in [6.07, 6.45) is 7.24. The van der Waals surface area contributed by atoms with Gasteiger partial charge in [-0.25, -0.2) is 28.4 Å². The van der Waals surface area contributed by atoms with E-state index < -0.39 is 5.92 Å². The Kier molecular flexibility index (Phi) is 4.22. The number of aryl methyl sites for hydroxylation is 1. The maximum Gasteiger partial charge on any atom is 0.262 e. The highest BCUT2D eigenvalue weighted by Crippen LogP contribution is 2.46. The third-order valence-electron chi connectivity index (χ3n) is 6.27. The van der Waals surface area contributed by atoms with Crippen LogP contribution in [0.3, 0.4) is 0 Å². The highest BCUT2D eigenvalue weighted by atomic mass is 19.3. The molecule has 0 amide bonds. The second kappa shape index (κ2) is 6.67. The predicted molar refractivity (Wildman–Crippen MR) is 102 cm³/mol. The van der Waals surface area contributed by atoms with E-state index in [2.05, 4.69) is 20.1 Å². The van der Waals surface area contributed by atoms with Gasteiger partial charge in [0.05, 0.1) is 12.2 Å². The van der Waals surface area contributed by atoms with Crippen molar-refractivity contribution in [2.45, 2.75) is 69.2 Å². The van der Waals surface area contributed by atoms with Crippen molar-refractivity contribution in [3.63, 3.8) is 0 Å². The van der Waals surface area contributed by atoms with Crippen molar-refractivity contribution >= 4 is 11.0 Å². The van der Waals surface area contributed by atoms with Crippen LogP contribution in [0.5, 0.6) is 0 Å². The first-order valence-corrected chi connectivity index (χ1v) is 10.0. The molecule has 3 heterocycles. The number of aromatic nitrogens is 6. The van der Waals surface area contributed by atoms with Gasteiger partial charge in [0.2, 0.25) is 5.92 Å². The van der Waals surface area contributed by atoms with E-state index in [9.17, 15) is 13.6 Å². The van der Waals surface area contributed by atoms with E-state index in [1.807, 2.05) is 6.92 Å². The fourth-order valence-electron chi connectivity index (χ4n) is 4.40. The highest BCUT2D eigenvalue weighted by Gasteiger charge is 2.39. The summed E-state index contributed by atoms with van der Waals surface area (Å²) in [5.74, 6) is -1.10. The van der Waals surface area contributed by atoms with Gasteiger partial charge in [0.1, 0.15) is 17.0 Å². The standard InChI is InChI=1S/C20H22F2N6O/c1-11-8-23-16(24-9-11)13-2-3-14(13)17-26-18-15(19(29)27-17)10-25-28(18)12-4-6-20(21,22)7-5-12/h8-10,12-14H,2-7H2,1H3,(H,26,27,29)/t13?,14-/m1/s1. The summed E-state index contributed by atoms with van der Waals surface area (Å²) < 4.78 is 28.7. The molecular weight excluding hydrogens is 378 g/mol. The van der Waals surface area contributed by atoms with Gasteiger partial charge in [-0.1, -0.05) is 0 Å². The van der Waals surface area contributed by atoms with Crippen molar-refractivity contribution in [2.75, 3.05) is 0 Å². The molecule has 2 aliphatic carbocycles. The third kappa shape index (κ3) is 3.22. The number of nitrogens with one attached hydrogen (secondary N) is 1. The van der Waals surface area contributed by atoms with Crippen molar-refractivity contribution in [2.24, 2.45) is 0 Å². The maximum atomic E-state index is 13.5. The number of rotatable bonds is 3. The summed E-state index contributed by atoms with van der Waals surface area (Å²) in [5, 5.41) is 4.72. The van der Waals surface area contributed by atoms with Crippen LogP contribution in [-0.2, 0) is 0 Å². The van der Waals surface area contributed by atoms with Gasteiger partial charge in [-0.05, 0) is 38.2 Å². The number of halogens is 2. The van der Waals surface area contributed by atoms with Gasteiger partial charge in [-0.15, -0.1) is 0 Å². The number of fused-ring (bicyclic) bond motifs is 1. The Balaban J connectivity index is 1.48. The monoisotopic (exact) mass is 400 g/mol. The van der Waals surface area contributed by atoms with Gasteiger partial charge in [0.15, 0.2) is 5.65 Å². The highest BCUT2D eigenvalue weighted by molar-refractivity contribution is 5.73. The van der Waals surface area contributed by atoms with Gasteiger partial charge in [-0.2, -0.15) is 5.10 Å². The second-order valence-electron chi connectivity index (χ2n) is 8.27. The zero-order valence-electron chi connectivity index (χ0n) is 16.1. The van der Waals surface area contributed by atoms with Gasteiger partial charge in [-0.3, -0.25) is 4.79 Å². The molecule has 0 aromatic carbocycles. The largest absolute Gasteiger partial charge is 0.310 e. The molecule has 2 atom stereocenters. The third-order valence-corrected chi connectivity index (χ3v) is 6.27. The van der Waals surface area contributed by atoms with E-state index in [1.54, 1.807) is 17.1 Å². The topological polar surface area (TPSA) is 89.4 Å². The summed E-state index contributed by atoms with van der Waals surface area (Å²) in [7, 11) is 0. The summed E-state index contributed by atoms with van der Waals surface area (Å²) in [6, 6.07) is -0.160. The molecule has 1 unspecified atom stereocenters. The molecule has 29 heavy (non-hydrogen) atoms. The summed E-state index contributed by atoms with van der Waals surface area (Å²) in [6.45, 7) is 1.94. The zero-order valence-corrected chi connectivity index (χ0v) is 16.1. The van der Waals surface area contributed by atoms with Crippen molar-refractivity contribution < 1.29 is 8.78 Å². The average molecular weight is 400 g/mol. The Bertz CT molecular complexity index is 1100. The molecule has 2 fully saturated rings. The molecule has 1 N–H and O–H groups in total. The van der Waals surface area contributed by atoms with E-state index in [-0.39, 0.29) is 36.3 Å². The van der Waals surface area contributed by atoms with Crippen LogP contribution in [0, 0.1) is 6.92 Å². The van der Waals surface area contributed by atoms with Crippen molar-refractivity contribution in [1.29, 1.82) is 0 Å². The first-order valence-electron chi connectivity index (χ1n) is 10.0. The second-order valence-corrected chi connectivity index (χ2v) is 8.27. The molecule has 7 nitrogen and oxygen atoms in total. The van der Waals surface area contributed by atoms with E-state index in [1.165, 1.54) is 6.20 Å². The van der Waals surface area contributed by atoms with Gasteiger partial charge >= 0.3 is 0 Å². The molecule has 0 radical (unpaired) electrons. The number of H-pyrrole nitrogens is 1. The van der Waals surface area contributed by atoms with Crippen LogP contribution in [0.25, 0.3) is 11.0 Å². The van der Waals surface area contributed by atoms with Gasteiger partial charge in [0, 0.05) is 37.1 Å². The maximum absolute atomic E-state index is 13.5. The number of aromatic amines is 1. The lowest BCUT2D eigenvalue weighted by atomic mass is 9.72. The minimum Gasteiger partial charge on any atom is -0.310 e. The van der Waals surface area contributed by atoms with Crippen LogP contribution < -0.4 is 5.56 Å². The van der Waals surface area contributed by atoms with Crippen molar-refractivity contribution in [1.82, 2.24) is 29.7 Å². The summed E-state index contributed by atoms with van der Waals surface area (Å²) in [4.78, 5) is 29.1. The van der Waals surface area contributed by atoms with Crippen molar-refractivity contribution in [3.05, 3.63) is 46.2 Å². The molecule has 0 saturated heterocycles. The summed E-state index contributed by atoms with van der Waals surface area (Å²) in [5.41, 5.74) is 1.24. The van der Waals surface area contributed by atoms with Crippen LogP contribution in [0.4, 0.5) is 8.78 Å².